The Balaban J connectivity index is 1.60. The van der Waals surface area contributed by atoms with Gasteiger partial charge in [-0.25, -0.2) is 8.78 Å². The van der Waals surface area contributed by atoms with Gasteiger partial charge in [0.2, 0.25) is 0 Å². The van der Waals surface area contributed by atoms with E-state index in [1.807, 2.05) is 24.3 Å². The van der Waals surface area contributed by atoms with Gasteiger partial charge >= 0.3 is 0 Å². The van der Waals surface area contributed by atoms with Gasteiger partial charge in [-0.2, -0.15) is 0 Å². The van der Waals surface area contributed by atoms with Crippen LogP contribution in [0.4, 0.5) is 8.78 Å². The zero-order valence-electron chi connectivity index (χ0n) is 21.6. The third kappa shape index (κ3) is 9.02. The van der Waals surface area contributed by atoms with Crippen molar-refractivity contribution in [3.63, 3.8) is 0 Å². The molecule has 0 fully saturated rings. The lowest BCUT2D eigenvalue weighted by atomic mass is 10.0. The lowest BCUT2D eigenvalue weighted by molar-refractivity contribution is 0.577. The van der Waals surface area contributed by atoms with Gasteiger partial charge < -0.3 is 0 Å². The number of hydrogen-bond donors (Lipinski definition) is 0. The van der Waals surface area contributed by atoms with E-state index < -0.39 is 11.6 Å². The minimum Gasteiger partial charge on any atom is -0.205 e. The zero-order valence-corrected chi connectivity index (χ0v) is 21.6. The Kier molecular flexibility index (Phi) is 11.3. The highest BCUT2D eigenvalue weighted by atomic mass is 19.1. The molecule has 0 saturated heterocycles. The van der Waals surface area contributed by atoms with Gasteiger partial charge in [0.15, 0.2) is 0 Å². The molecule has 3 aromatic carbocycles. The quantitative estimate of drug-likeness (QED) is 0.200. The highest BCUT2D eigenvalue weighted by Gasteiger charge is 2.08. The first-order valence-corrected chi connectivity index (χ1v) is 13.3. The minimum absolute atomic E-state index is 0.225. The summed E-state index contributed by atoms with van der Waals surface area (Å²) in [6.45, 7) is 4.40. The van der Waals surface area contributed by atoms with Crippen LogP contribution in [-0.4, -0.2) is 0 Å². The summed E-state index contributed by atoms with van der Waals surface area (Å²) in [5.74, 6) is 10.0. The lowest BCUT2D eigenvalue weighted by Gasteiger charge is -2.02. The van der Waals surface area contributed by atoms with Gasteiger partial charge in [-0.3, -0.25) is 0 Å². The smallest absolute Gasteiger partial charge is 0.143 e. The predicted molar refractivity (Wildman–Crippen MR) is 147 cm³/mol. The van der Waals surface area contributed by atoms with Crippen LogP contribution >= 0.6 is 0 Å². The van der Waals surface area contributed by atoms with Crippen molar-refractivity contribution in [1.82, 2.24) is 0 Å². The van der Waals surface area contributed by atoms with Gasteiger partial charge in [0.05, 0.1) is 5.56 Å². The Morgan fingerprint density at radius 2 is 0.944 bits per heavy atom. The highest BCUT2D eigenvalue weighted by Crippen LogP contribution is 2.16. The van der Waals surface area contributed by atoms with Crippen LogP contribution in [0, 0.1) is 35.3 Å². The third-order valence-corrected chi connectivity index (χ3v) is 6.27. The van der Waals surface area contributed by atoms with Crippen LogP contribution in [0.1, 0.15) is 98.6 Å². The summed E-state index contributed by atoms with van der Waals surface area (Å²) in [7, 11) is 0. The fourth-order valence-corrected chi connectivity index (χ4v) is 4.04. The fourth-order valence-electron chi connectivity index (χ4n) is 4.04. The Bertz CT molecular complexity index is 1190. The Labute approximate surface area is 216 Å². The van der Waals surface area contributed by atoms with E-state index in [-0.39, 0.29) is 5.56 Å². The average molecular weight is 483 g/mol. The molecule has 0 amide bonds. The molecule has 0 aliphatic carbocycles. The van der Waals surface area contributed by atoms with E-state index in [1.54, 1.807) is 0 Å². The number of benzene rings is 3. The summed E-state index contributed by atoms with van der Waals surface area (Å²) >= 11 is 0. The number of hydrogen-bond acceptors (Lipinski definition) is 0. The van der Waals surface area contributed by atoms with E-state index in [0.717, 1.165) is 36.8 Å². The molecule has 0 aliphatic heterocycles. The van der Waals surface area contributed by atoms with Crippen LogP contribution in [0.25, 0.3) is 0 Å². The van der Waals surface area contributed by atoms with Crippen LogP contribution < -0.4 is 0 Å². The maximum absolute atomic E-state index is 14.6. The standard InChI is InChI=1S/C34H36F2/c1-3-5-7-8-9-10-12-28-15-19-30(20-16-28)23-24-32-33(35)25-31(26-34(32)36)22-21-29-17-13-27(14-18-29)11-6-4-2/h13-20,25-26H,3-12H2,1-2H3. The molecule has 0 bridgehead atoms. The SMILES string of the molecule is CCCCCCCCc1ccc(C#Cc2c(F)cc(C#Cc3ccc(CCCC)cc3)cc2F)cc1. The van der Waals surface area contributed by atoms with Crippen molar-refractivity contribution in [3.05, 3.63) is 106 Å². The van der Waals surface area contributed by atoms with E-state index in [2.05, 4.69) is 61.8 Å². The number of rotatable bonds is 10. The summed E-state index contributed by atoms with van der Waals surface area (Å²) in [5, 5.41) is 0. The van der Waals surface area contributed by atoms with E-state index >= 15 is 0 Å². The second-order valence-corrected chi connectivity index (χ2v) is 9.33. The average Bonchev–Trinajstić information content (AvgIpc) is 2.89. The minimum atomic E-state index is -0.693. The number of unbranched alkanes of at least 4 members (excludes halogenated alkanes) is 6. The Hall–Kier alpha value is -3.36. The summed E-state index contributed by atoms with van der Waals surface area (Å²) < 4.78 is 29.2. The number of aryl methyl sites for hydroxylation is 2. The van der Waals surface area contributed by atoms with Gasteiger partial charge in [-0.1, -0.05) is 100 Å². The van der Waals surface area contributed by atoms with Gasteiger partial charge in [0.1, 0.15) is 11.6 Å². The molecule has 0 aliphatic rings. The summed E-state index contributed by atoms with van der Waals surface area (Å²) in [6.07, 6.45) is 12.1. The molecule has 3 rings (SSSR count). The van der Waals surface area contributed by atoms with Crippen molar-refractivity contribution in [3.8, 4) is 23.7 Å². The molecule has 0 N–H and O–H groups in total. The molecule has 2 heteroatoms. The van der Waals surface area contributed by atoms with Crippen molar-refractivity contribution in [2.24, 2.45) is 0 Å². The lowest BCUT2D eigenvalue weighted by Crippen LogP contribution is -1.93. The van der Waals surface area contributed by atoms with Crippen molar-refractivity contribution in [1.29, 1.82) is 0 Å². The van der Waals surface area contributed by atoms with E-state index in [1.165, 1.54) is 61.8 Å². The molecule has 0 atom stereocenters. The third-order valence-electron chi connectivity index (χ3n) is 6.27. The Morgan fingerprint density at radius 1 is 0.500 bits per heavy atom. The largest absolute Gasteiger partial charge is 0.205 e. The van der Waals surface area contributed by atoms with Crippen LogP contribution in [0.3, 0.4) is 0 Å². The van der Waals surface area contributed by atoms with Crippen LogP contribution in [0.5, 0.6) is 0 Å². The molecule has 186 valence electrons. The molecule has 0 saturated carbocycles. The zero-order chi connectivity index (χ0) is 25.6. The van der Waals surface area contributed by atoms with Gasteiger partial charge in [-0.15, -0.1) is 0 Å². The maximum Gasteiger partial charge on any atom is 0.143 e. The topological polar surface area (TPSA) is 0 Å². The molecular weight excluding hydrogens is 446 g/mol. The normalized spacial score (nSPS) is 10.3. The van der Waals surface area contributed by atoms with Crippen molar-refractivity contribution >= 4 is 0 Å². The first-order valence-electron chi connectivity index (χ1n) is 13.3. The predicted octanol–water partition coefficient (Wildman–Crippen LogP) is 9.01. The fraction of sp³-hybridized carbons (Fsp3) is 0.353. The summed E-state index contributed by atoms with van der Waals surface area (Å²) in [6, 6.07) is 18.5. The molecule has 0 aromatic heterocycles. The molecule has 0 nitrogen and oxygen atoms in total. The van der Waals surface area contributed by atoms with Crippen molar-refractivity contribution in [2.45, 2.75) is 78.1 Å². The second-order valence-electron chi connectivity index (χ2n) is 9.33. The first-order chi connectivity index (χ1) is 17.6. The van der Waals surface area contributed by atoms with Crippen LogP contribution in [-0.2, 0) is 12.8 Å². The maximum atomic E-state index is 14.6. The van der Waals surface area contributed by atoms with E-state index in [0.29, 0.717) is 5.56 Å². The van der Waals surface area contributed by atoms with Crippen LogP contribution in [0.2, 0.25) is 0 Å². The highest BCUT2D eigenvalue weighted by molar-refractivity contribution is 5.49. The van der Waals surface area contributed by atoms with Gasteiger partial charge in [0.25, 0.3) is 0 Å². The molecule has 3 aromatic rings. The monoisotopic (exact) mass is 482 g/mol. The first kappa shape index (κ1) is 27.2. The molecule has 0 heterocycles. The van der Waals surface area contributed by atoms with E-state index in [9.17, 15) is 8.78 Å². The summed E-state index contributed by atoms with van der Waals surface area (Å²) in [5.41, 5.74) is 4.18. The molecule has 0 radical (unpaired) electrons. The van der Waals surface area contributed by atoms with Gasteiger partial charge in [0, 0.05) is 16.7 Å². The van der Waals surface area contributed by atoms with Crippen molar-refractivity contribution in [2.75, 3.05) is 0 Å². The molecular formula is C34H36F2. The van der Waals surface area contributed by atoms with E-state index in [4.69, 9.17) is 0 Å². The van der Waals surface area contributed by atoms with Crippen LogP contribution in [0.15, 0.2) is 60.7 Å². The van der Waals surface area contributed by atoms with Crippen molar-refractivity contribution < 1.29 is 8.78 Å². The van der Waals surface area contributed by atoms with Gasteiger partial charge in [-0.05, 0) is 73.2 Å². The molecule has 0 unspecified atom stereocenters. The number of halogens is 2. The molecule has 0 spiro atoms. The second kappa shape index (κ2) is 14.9. The molecule has 36 heavy (non-hydrogen) atoms. The Morgan fingerprint density at radius 3 is 1.50 bits per heavy atom. The summed E-state index contributed by atoms with van der Waals surface area (Å²) in [4.78, 5) is 0.